The minimum Gasteiger partial charge on any atom is -0.279 e. The number of hydrogen-bond donors (Lipinski definition) is 0. The van der Waals surface area contributed by atoms with Gasteiger partial charge in [-0.15, -0.1) is 0 Å². The lowest BCUT2D eigenvalue weighted by molar-refractivity contribution is -0.231. The van der Waals surface area contributed by atoms with E-state index in [0.29, 0.717) is 0 Å². The maximum atomic E-state index is 5.31. The van der Waals surface area contributed by atoms with Gasteiger partial charge in [0.2, 0.25) is 25.0 Å². The van der Waals surface area contributed by atoms with Crippen molar-refractivity contribution in [2.45, 2.75) is 58.9 Å². The highest BCUT2D eigenvalue weighted by Gasteiger charge is 2.29. The van der Waals surface area contributed by atoms with Crippen LogP contribution in [0.25, 0.3) is 0 Å². The van der Waals surface area contributed by atoms with Crippen LogP contribution in [0.5, 0.6) is 0 Å². The van der Waals surface area contributed by atoms with Crippen molar-refractivity contribution in [1.82, 2.24) is 0 Å². The fourth-order valence-electron chi connectivity index (χ4n) is 0.464. The normalized spacial score (nSPS) is 14.2. The first-order valence-corrected chi connectivity index (χ1v) is 17.5. The van der Waals surface area contributed by atoms with Gasteiger partial charge in [-0.05, 0) is 58.9 Å². The Bertz CT molecular complexity index is 217. The molecule has 0 aliphatic carbocycles. The van der Waals surface area contributed by atoms with Gasteiger partial charge in [0.15, 0.2) is 0 Å². The summed E-state index contributed by atoms with van der Waals surface area (Å²) in [4.78, 5) is 0. The summed E-state index contributed by atoms with van der Waals surface area (Å²) in [6, 6.07) is 0. The zero-order valence-corrected chi connectivity index (χ0v) is 17.3. The molecule has 0 spiro atoms. The molecular formula is C9H27O6PSi3. The summed E-state index contributed by atoms with van der Waals surface area (Å²) in [5.41, 5.74) is 0. The SMILES string of the molecule is C[Si](C)(C)OOP(OO[Si](C)(C)C)OO[Si](C)(C)C. The first-order valence-electron chi connectivity index (χ1n) is 6.16. The van der Waals surface area contributed by atoms with Gasteiger partial charge in [-0.25, -0.2) is 0 Å². The molecule has 10 heteroatoms. The van der Waals surface area contributed by atoms with Crippen LogP contribution >= 0.6 is 8.60 Å². The van der Waals surface area contributed by atoms with Crippen LogP contribution in [0.2, 0.25) is 58.9 Å². The highest BCUT2D eigenvalue weighted by Crippen LogP contribution is 2.43. The third-order valence-corrected chi connectivity index (χ3v) is 3.80. The molecule has 0 aliphatic rings. The van der Waals surface area contributed by atoms with Crippen LogP contribution in [0.1, 0.15) is 0 Å². The fraction of sp³-hybridized carbons (Fsp3) is 1.00. The van der Waals surface area contributed by atoms with Crippen molar-refractivity contribution in [2.24, 2.45) is 0 Å². The van der Waals surface area contributed by atoms with Gasteiger partial charge in [-0.3, -0.25) is 13.7 Å². The molecule has 0 fully saturated rings. The lowest BCUT2D eigenvalue weighted by Crippen LogP contribution is -2.28. The molecule has 0 aliphatic heterocycles. The monoisotopic (exact) mass is 346 g/mol. The Balaban J connectivity index is 4.30. The Morgan fingerprint density at radius 2 is 0.684 bits per heavy atom. The van der Waals surface area contributed by atoms with E-state index in [9.17, 15) is 0 Å². The van der Waals surface area contributed by atoms with E-state index in [1.807, 2.05) is 58.9 Å². The third-order valence-electron chi connectivity index (χ3n) is 1.04. The average molecular weight is 347 g/mol. The summed E-state index contributed by atoms with van der Waals surface area (Å²) in [6.07, 6.45) is 0. The van der Waals surface area contributed by atoms with Crippen molar-refractivity contribution in [2.75, 3.05) is 0 Å². The van der Waals surface area contributed by atoms with Crippen LogP contribution < -0.4 is 0 Å². The Hall–Kier alpha value is 0.841. The predicted molar refractivity (Wildman–Crippen MR) is 83.5 cm³/mol. The second-order valence-electron chi connectivity index (χ2n) is 7.03. The lowest BCUT2D eigenvalue weighted by Gasteiger charge is -2.24. The summed E-state index contributed by atoms with van der Waals surface area (Å²) < 4.78 is 31.5. The van der Waals surface area contributed by atoms with Crippen molar-refractivity contribution in [3.05, 3.63) is 0 Å². The summed E-state index contributed by atoms with van der Waals surface area (Å²) in [6.45, 7) is 18.0. The number of hydrogen-bond acceptors (Lipinski definition) is 6. The quantitative estimate of drug-likeness (QED) is 0.264. The van der Waals surface area contributed by atoms with E-state index in [0.717, 1.165) is 0 Å². The Morgan fingerprint density at radius 1 is 0.474 bits per heavy atom. The molecule has 0 aromatic carbocycles. The second-order valence-corrected chi connectivity index (χ2v) is 21.1. The summed E-state index contributed by atoms with van der Waals surface area (Å²) in [5.74, 6) is 0. The molecule has 0 aromatic heterocycles. The topological polar surface area (TPSA) is 55.4 Å². The van der Waals surface area contributed by atoms with E-state index in [-0.39, 0.29) is 0 Å². The lowest BCUT2D eigenvalue weighted by atomic mass is 11.8. The standard InChI is InChI=1S/C9H27O6PSi3/c1-17(2,3)13-10-16(11-14-18(4,5)6)12-15-19(7,8)9/h1-9H3. The van der Waals surface area contributed by atoms with Crippen LogP contribution in [-0.2, 0) is 27.8 Å². The molecule has 6 nitrogen and oxygen atoms in total. The molecule has 0 N–H and O–H groups in total. The zero-order chi connectivity index (χ0) is 15.3. The highest BCUT2D eigenvalue weighted by molar-refractivity contribution is 7.41. The van der Waals surface area contributed by atoms with E-state index >= 15 is 0 Å². The molecule has 19 heavy (non-hydrogen) atoms. The summed E-state index contributed by atoms with van der Waals surface area (Å²) in [7, 11) is -7.29. The van der Waals surface area contributed by atoms with E-state index in [4.69, 9.17) is 27.8 Å². The Labute approximate surface area is 120 Å². The van der Waals surface area contributed by atoms with Gasteiger partial charge in [0.25, 0.3) is 0 Å². The van der Waals surface area contributed by atoms with Crippen LogP contribution in [0.4, 0.5) is 0 Å². The highest BCUT2D eigenvalue weighted by atomic mass is 31.2. The van der Waals surface area contributed by atoms with Gasteiger partial charge >= 0.3 is 8.60 Å². The Morgan fingerprint density at radius 3 is 0.842 bits per heavy atom. The van der Waals surface area contributed by atoms with E-state index in [2.05, 4.69) is 0 Å². The van der Waals surface area contributed by atoms with Crippen molar-refractivity contribution in [3.8, 4) is 0 Å². The zero-order valence-electron chi connectivity index (χ0n) is 13.4. The molecule has 0 unspecified atom stereocenters. The third kappa shape index (κ3) is 15.1. The van der Waals surface area contributed by atoms with Gasteiger partial charge in [-0.1, -0.05) is 0 Å². The maximum absolute atomic E-state index is 5.31. The van der Waals surface area contributed by atoms with Crippen molar-refractivity contribution in [1.29, 1.82) is 0 Å². The average Bonchev–Trinajstić information content (AvgIpc) is 2.11. The first-order chi connectivity index (χ1) is 8.29. The molecular weight excluding hydrogens is 319 g/mol. The van der Waals surface area contributed by atoms with Crippen molar-refractivity contribution in [3.63, 3.8) is 0 Å². The molecule has 0 rings (SSSR count). The van der Waals surface area contributed by atoms with Gasteiger partial charge in [0.1, 0.15) is 0 Å². The second kappa shape index (κ2) is 7.74. The molecule has 0 radical (unpaired) electrons. The molecule has 0 aromatic rings. The molecule has 0 heterocycles. The fourth-order valence-corrected chi connectivity index (χ4v) is 3.95. The largest absolute Gasteiger partial charge is 0.418 e. The first kappa shape index (κ1) is 19.8. The van der Waals surface area contributed by atoms with E-state index in [1.165, 1.54) is 0 Å². The van der Waals surface area contributed by atoms with Crippen molar-refractivity contribution < 1.29 is 27.8 Å². The minimum atomic E-state index is -1.82. The number of rotatable bonds is 9. The molecule has 0 bridgehead atoms. The molecule has 0 saturated heterocycles. The smallest absolute Gasteiger partial charge is 0.279 e. The molecule has 0 atom stereocenters. The van der Waals surface area contributed by atoms with Gasteiger partial charge < -0.3 is 0 Å². The minimum absolute atomic E-state index is 1.82. The summed E-state index contributed by atoms with van der Waals surface area (Å²) >= 11 is 0. The van der Waals surface area contributed by atoms with Gasteiger partial charge in [0, 0.05) is 0 Å². The predicted octanol–water partition coefficient (Wildman–Crippen LogP) is 4.56. The van der Waals surface area contributed by atoms with E-state index in [1.54, 1.807) is 0 Å². The molecule has 116 valence electrons. The van der Waals surface area contributed by atoms with Crippen molar-refractivity contribution >= 4 is 33.6 Å². The summed E-state index contributed by atoms with van der Waals surface area (Å²) in [5, 5.41) is 0. The van der Waals surface area contributed by atoms with Crippen LogP contribution in [-0.4, -0.2) is 25.0 Å². The van der Waals surface area contributed by atoms with Gasteiger partial charge in [-0.2, -0.15) is 14.0 Å². The van der Waals surface area contributed by atoms with Crippen LogP contribution in [0, 0.1) is 0 Å². The molecule has 0 amide bonds. The van der Waals surface area contributed by atoms with Crippen LogP contribution in [0.15, 0.2) is 0 Å². The maximum Gasteiger partial charge on any atom is 0.418 e. The molecule has 0 saturated carbocycles. The van der Waals surface area contributed by atoms with Crippen LogP contribution in [0.3, 0.4) is 0 Å². The van der Waals surface area contributed by atoms with Gasteiger partial charge in [0.05, 0.1) is 0 Å². The Kier molecular flexibility index (Phi) is 8.08. The van der Waals surface area contributed by atoms with E-state index < -0.39 is 33.6 Å².